The van der Waals surface area contributed by atoms with Crippen molar-refractivity contribution in [3.63, 3.8) is 0 Å². The van der Waals surface area contributed by atoms with E-state index < -0.39 is 10.4 Å². The highest BCUT2D eigenvalue weighted by Crippen LogP contribution is 2.08. The van der Waals surface area contributed by atoms with Gasteiger partial charge in [0.2, 0.25) is 16.7 Å². The van der Waals surface area contributed by atoms with E-state index in [0.717, 1.165) is 6.42 Å². The zero-order valence-electron chi connectivity index (χ0n) is 11.1. The van der Waals surface area contributed by atoms with Gasteiger partial charge >= 0.3 is 0 Å². The molecule has 2 aromatic rings. The molecule has 0 radical (unpaired) electrons. The van der Waals surface area contributed by atoms with Gasteiger partial charge in [0, 0.05) is 0 Å². The maximum absolute atomic E-state index is 8.63. The van der Waals surface area contributed by atoms with Crippen LogP contribution in [0.2, 0.25) is 0 Å². The first-order valence-corrected chi connectivity index (χ1v) is 7.48. The van der Waals surface area contributed by atoms with Gasteiger partial charge < -0.3 is 4.55 Å². The average molecular weight is 298 g/mol. The summed E-state index contributed by atoms with van der Waals surface area (Å²) < 4.78 is 35.0. The molecule has 0 aliphatic carbocycles. The normalized spacial score (nSPS) is 12.3. The summed E-state index contributed by atoms with van der Waals surface area (Å²) in [5.41, 5.74) is 1.42. The molecule has 20 heavy (non-hydrogen) atoms. The van der Waals surface area contributed by atoms with Crippen LogP contribution in [0.5, 0.6) is 0 Å². The van der Waals surface area contributed by atoms with Crippen LogP contribution in [0.4, 0.5) is 0 Å². The number of aryl methyl sites for hydroxylation is 1. The Labute approximate surface area is 118 Å². The fraction of sp³-hybridized carbons (Fsp3) is 0.308. The second-order valence-electron chi connectivity index (χ2n) is 4.36. The van der Waals surface area contributed by atoms with Crippen LogP contribution in [0.25, 0.3) is 0 Å². The zero-order chi connectivity index (χ0) is 15.0. The lowest BCUT2D eigenvalue weighted by molar-refractivity contribution is -0.719. The first-order chi connectivity index (χ1) is 9.36. The first kappa shape index (κ1) is 16.4. The highest BCUT2D eigenvalue weighted by molar-refractivity contribution is 7.79. The van der Waals surface area contributed by atoms with E-state index in [9.17, 15) is 0 Å². The Bertz CT molecular complexity index is 574. The number of benzene rings is 1. The molecule has 0 saturated carbocycles. The molecule has 1 heterocycles. The van der Waals surface area contributed by atoms with Gasteiger partial charge in [0.15, 0.2) is 0 Å². The van der Waals surface area contributed by atoms with Crippen LogP contribution in [-0.2, 0) is 16.8 Å². The molecule has 0 aliphatic heterocycles. The number of rotatable bonds is 4. The number of imidazole rings is 1. The van der Waals surface area contributed by atoms with Gasteiger partial charge in [-0.05, 0) is 25.3 Å². The molecular formula is C13H18N2O4S. The second-order valence-corrected chi connectivity index (χ2v) is 5.22. The predicted octanol–water partition coefficient (Wildman–Crippen LogP) is 1.50. The highest BCUT2D eigenvalue weighted by Gasteiger charge is 2.08. The van der Waals surface area contributed by atoms with Crippen molar-refractivity contribution in [2.24, 2.45) is 0 Å². The number of aromatic nitrogens is 2. The van der Waals surface area contributed by atoms with E-state index in [1.54, 1.807) is 0 Å². The third-order valence-electron chi connectivity index (χ3n) is 2.77. The Hall–Kier alpha value is -1.70. The molecule has 0 bridgehead atoms. The van der Waals surface area contributed by atoms with E-state index in [0.29, 0.717) is 6.04 Å². The van der Waals surface area contributed by atoms with E-state index in [1.807, 2.05) is 12.5 Å². The Morgan fingerprint density at radius 2 is 1.95 bits per heavy atom. The van der Waals surface area contributed by atoms with E-state index in [-0.39, 0.29) is 0 Å². The molecule has 0 fully saturated rings. The van der Waals surface area contributed by atoms with E-state index in [2.05, 4.69) is 53.0 Å². The van der Waals surface area contributed by atoms with Crippen LogP contribution < -0.4 is 4.57 Å². The molecule has 2 N–H and O–H groups in total. The van der Waals surface area contributed by atoms with Crippen LogP contribution in [0, 0.1) is 0 Å². The summed E-state index contributed by atoms with van der Waals surface area (Å²) in [5.74, 6) is 0. The van der Waals surface area contributed by atoms with Gasteiger partial charge in [-0.15, -0.1) is 0 Å². The minimum absolute atomic E-state index is 0.552. The lowest BCUT2D eigenvalue weighted by atomic mass is 10.1. The molecule has 2 rings (SSSR count). The van der Waals surface area contributed by atoms with E-state index in [4.69, 9.17) is 17.5 Å². The smallest absolute Gasteiger partial charge is 0.241 e. The summed E-state index contributed by atoms with van der Waals surface area (Å²) in [4.78, 5) is 3.07. The molecule has 0 spiro atoms. The van der Waals surface area contributed by atoms with Crippen LogP contribution in [-0.4, -0.2) is 22.5 Å². The number of hydrogen-bond donors (Lipinski definition) is 2. The van der Waals surface area contributed by atoms with E-state index in [1.165, 1.54) is 12.0 Å². The third kappa shape index (κ3) is 7.67. The van der Waals surface area contributed by atoms with Crippen molar-refractivity contribution in [2.75, 3.05) is 0 Å². The van der Waals surface area contributed by atoms with Gasteiger partial charge in [-0.3, -0.25) is 9.54 Å². The van der Waals surface area contributed by atoms with Crippen LogP contribution >= 0.6 is 0 Å². The van der Waals surface area contributed by atoms with Crippen LogP contribution in [0.3, 0.4) is 0 Å². The molecule has 1 aromatic heterocycles. The van der Waals surface area contributed by atoms with Crippen molar-refractivity contribution in [2.45, 2.75) is 25.8 Å². The van der Waals surface area contributed by atoms with Gasteiger partial charge in [0.05, 0.1) is 6.04 Å². The summed E-state index contributed by atoms with van der Waals surface area (Å²) in [6.45, 7) is 2.25. The molecular weight excluding hydrogens is 280 g/mol. The molecule has 1 aromatic carbocycles. The maximum Gasteiger partial charge on any atom is 0.241 e. The summed E-state index contributed by atoms with van der Waals surface area (Å²) in [7, 11) is -4.92. The predicted molar refractivity (Wildman–Crippen MR) is 72.8 cm³/mol. The zero-order valence-corrected chi connectivity index (χ0v) is 12.0. The Morgan fingerprint density at radius 1 is 1.35 bits per heavy atom. The summed E-state index contributed by atoms with van der Waals surface area (Å²) >= 11 is 0. The summed E-state index contributed by atoms with van der Waals surface area (Å²) in [5, 5.41) is 0. The lowest BCUT2D eigenvalue weighted by Crippen LogP contribution is -2.35. The Balaban J connectivity index is 0.000000347. The molecule has 6 nitrogen and oxygen atoms in total. The molecule has 1 unspecified atom stereocenters. The summed E-state index contributed by atoms with van der Waals surface area (Å²) in [6.07, 6.45) is 8.36. The first-order valence-electron chi connectivity index (χ1n) is 6.12. The fourth-order valence-corrected chi connectivity index (χ4v) is 1.74. The maximum atomic E-state index is 8.63. The van der Waals surface area contributed by atoms with Gasteiger partial charge in [-0.2, -0.15) is 0 Å². The number of hydrogen-bond acceptors (Lipinski definition) is 3. The average Bonchev–Trinajstić information content (AvgIpc) is 2.89. The van der Waals surface area contributed by atoms with Crippen molar-refractivity contribution in [3.8, 4) is 0 Å². The molecule has 1 atom stereocenters. The van der Waals surface area contributed by atoms with Gasteiger partial charge in [-0.25, -0.2) is 13.0 Å². The Morgan fingerprint density at radius 3 is 2.45 bits per heavy atom. The highest BCUT2D eigenvalue weighted by atomic mass is 32.3. The number of aromatic amines is 1. The third-order valence-corrected chi connectivity index (χ3v) is 2.77. The quantitative estimate of drug-likeness (QED) is 0.508. The fourth-order valence-electron chi connectivity index (χ4n) is 1.74. The number of nitrogens with one attached hydrogen (secondary N) is 1. The molecule has 0 saturated heterocycles. The second kappa shape index (κ2) is 7.78. The van der Waals surface area contributed by atoms with Crippen molar-refractivity contribution < 1.29 is 22.1 Å². The standard InChI is InChI=1S/C13H16N2.H2O4S/c1-12(15-10-9-14-11-15)7-8-13-5-3-2-4-6-13;1-5(2,3)4/h2-6,9-12H,7-8H2,1H3;(H2,1,2,3,4). The van der Waals surface area contributed by atoms with Crippen molar-refractivity contribution in [1.29, 1.82) is 0 Å². The number of H-pyrrole nitrogens is 1. The van der Waals surface area contributed by atoms with Crippen molar-refractivity contribution >= 4 is 10.4 Å². The molecule has 0 amide bonds. The van der Waals surface area contributed by atoms with Crippen molar-refractivity contribution in [1.82, 2.24) is 4.98 Å². The SMILES string of the molecule is CC(CCc1ccccc1)[n+]1cc[nH]c1.O=S(=O)([O-])O. The van der Waals surface area contributed by atoms with E-state index >= 15 is 0 Å². The molecule has 110 valence electrons. The van der Waals surface area contributed by atoms with Crippen molar-refractivity contribution in [3.05, 3.63) is 54.6 Å². The Kier molecular flexibility index (Phi) is 6.37. The largest absolute Gasteiger partial charge is 0.726 e. The minimum atomic E-state index is -4.92. The van der Waals surface area contributed by atoms with Crippen LogP contribution in [0.15, 0.2) is 49.1 Å². The van der Waals surface area contributed by atoms with Gasteiger partial charge in [-0.1, -0.05) is 30.3 Å². The van der Waals surface area contributed by atoms with Gasteiger partial charge in [0.25, 0.3) is 0 Å². The monoisotopic (exact) mass is 298 g/mol. The van der Waals surface area contributed by atoms with Gasteiger partial charge in [0.1, 0.15) is 12.4 Å². The lowest BCUT2D eigenvalue weighted by Gasteiger charge is -2.07. The summed E-state index contributed by atoms with van der Waals surface area (Å²) in [6, 6.07) is 11.2. The number of nitrogens with zero attached hydrogens (tertiary/aromatic N) is 1. The molecule has 7 heteroatoms. The molecule has 0 aliphatic rings. The topological polar surface area (TPSA) is 97.1 Å². The minimum Gasteiger partial charge on any atom is -0.726 e. The van der Waals surface area contributed by atoms with Crippen LogP contribution in [0.1, 0.15) is 24.9 Å².